The largest absolute Gasteiger partial charge is 0.302 e. The molecular weight excluding hydrogens is 341 g/mol. The second kappa shape index (κ2) is 6.42. The Morgan fingerprint density at radius 1 is 1.35 bits per heavy atom. The molecule has 0 saturated heterocycles. The van der Waals surface area contributed by atoms with Crippen LogP contribution in [0.2, 0.25) is 15.2 Å². The van der Waals surface area contributed by atoms with E-state index in [-0.39, 0.29) is 27.5 Å². The van der Waals surface area contributed by atoms with Gasteiger partial charge in [0.1, 0.15) is 10.9 Å². The fourth-order valence-corrected chi connectivity index (χ4v) is 2.94. The highest BCUT2D eigenvalue weighted by Crippen LogP contribution is 2.27. The van der Waals surface area contributed by atoms with Gasteiger partial charge >= 0.3 is 0 Å². The number of carbonyl (C=O) groups excluding carboxylic acids is 1. The first-order valence-corrected chi connectivity index (χ1v) is 7.25. The van der Waals surface area contributed by atoms with Crippen molar-refractivity contribution in [2.75, 3.05) is 5.32 Å². The van der Waals surface area contributed by atoms with E-state index in [1.165, 1.54) is 0 Å². The lowest BCUT2D eigenvalue weighted by Crippen LogP contribution is -2.14. The van der Waals surface area contributed by atoms with Gasteiger partial charge in [0.2, 0.25) is 5.91 Å². The number of hydrogen-bond donors (Lipinski definition) is 1. The van der Waals surface area contributed by atoms with Gasteiger partial charge < -0.3 is 5.32 Å². The van der Waals surface area contributed by atoms with E-state index in [0.29, 0.717) is 15.6 Å². The molecule has 0 aliphatic rings. The van der Waals surface area contributed by atoms with E-state index in [2.05, 4.69) is 10.3 Å². The number of halogens is 3. The van der Waals surface area contributed by atoms with Gasteiger partial charge in [0.05, 0.1) is 6.42 Å². The van der Waals surface area contributed by atoms with Gasteiger partial charge in [-0.2, -0.15) is 5.26 Å². The Kier molecular flexibility index (Phi) is 4.84. The molecule has 0 fully saturated rings. The number of benzene rings is 1. The molecule has 0 atom stereocenters. The molecule has 2 aromatic rings. The van der Waals surface area contributed by atoms with Crippen LogP contribution in [0.3, 0.4) is 0 Å². The quantitative estimate of drug-likeness (QED) is 0.907. The van der Waals surface area contributed by atoms with E-state index >= 15 is 0 Å². The third-order valence-electron chi connectivity index (χ3n) is 2.33. The third-order valence-corrected chi connectivity index (χ3v) is 4.30. The zero-order chi connectivity index (χ0) is 14.7. The molecule has 2 rings (SSSR count). The predicted molar refractivity (Wildman–Crippen MR) is 80.6 cm³/mol. The molecule has 0 aliphatic heterocycles. The highest BCUT2D eigenvalue weighted by atomic mass is 35.5. The first-order valence-electron chi connectivity index (χ1n) is 5.30. The number of rotatable bonds is 3. The Balaban J connectivity index is 2.11. The van der Waals surface area contributed by atoms with Crippen molar-refractivity contribution >= 4 is 57.2 Å². The molecule has 0 spiro atoms. The Morgan fingerprint density at radius 3 is 2.55 bits per heavy atom. The van der Waals surface area contributed by atoms with Gasteiger partial charge in [0.15, 0.2) is 10.3 Å². The van der Waals surface area contributed by atoms with Crippen LogP contribution in [0.1, 0.15) is 10.4 Å². The molecule has 8 heteroatoms. The maximum absolute atomic E-state index is 11.9. The second-order valence-corrected chi connectivity index (χ2v) is 5.85. The summed E-state index contributed by atoms with van der Waals surface area (Å²) >= 11 is 18.7. The summed E-state index contributed by atoms with van der Waals surface area (Å²) < 4.78 is 0. The van der Waals surface area contributed by atoms with E-state index in [4.69, 9.17) is 40.1 Å². The number of thiazole rings is 1. The standard InChI is InChI=1S/C12H6Cl3N3OS/c13-7-2-1-3-8(14)6(7)4-10(19)17-12-18-11(15)9(5-16)20-12/h1-3H,4H2,(H,17,18,19). The molecule has 1 aromatic carbocycles. The SMILES string of the molecule is N#Cc1sc(NC(=O)Cc2c(Cl)cccc2Cl)nc1Cl. The summed E-state index contributed by atoms with van der Waals surface area (Å²) in [6.07, 6.45) is 0.0115. The molecule has 4 nitrogen and oxygen atoms in total. The van der Waals surface area contributed by atoms with Crippen molar-refractivity contribution < 1.29 is 4.79 Å². The molecule has 0 saturated carbocycles. The summed E-state index contributed by atoms with van der Waals surface area (Å²) in [6, 6.07) is 6.90. The minimum atomic E-state index is -0.338. The van der Waals surface area contributed by atoms with E-state index in [9.17, 15) is 4.79 Å². The number of carbonyl (C=O) groups is 1. The van der Waals surface area contributed by atoms with Crippen LogP contribution in [-0.4, -0.2) is 10.9 Å². The van der Waals surface area contributed by atoms with Crippen LogP contribution in [-0.2, 0) is 11.2 Å². The molecule has 1 aromatic heterocycles. The van der Waals surface area contributed by atoms with Crippen LogP contribution in [0.5, 0.6) is 0 Å². The summed E-state index contributed by atoms with van der Waals surface area (Å²) in [5, 5.41) is 12.5. The second-order valence-electron chi connectivity index (χ2n) is 3.68. The number of anilines is 1. The fourth-order valence-electron chi connectivity index (χ4n) is 1.45. The highest BCUT2D eigenvalue weighted by Gasteiger charge is 2.14. The average molecular weight is 347 g/mol. The Hall–Kier alpha value is -1.32. The first-order chi connectivity index (χ1) is 9.51. The predicted octanol–water partition coefficient (Wildman–Crippen LogP) is 4.16. The topological polar surface area (TPSA) is 65.8 Å². The van der Waals surface area contributed by atoms with E-state index in [0.717, 1.165) is 11.3 Å². The molecule has 0 aliphatic carbocycles. The first kappa shape index (κ1) is 15.1. The van der Waals surface area contributed by atoms with Crippen molar-refractivity contribution in [2.45, 2.75) is 6.42 Å². The number of nitriles is 1. The van der Waals surface area contributed by atoms with Gasteiger partial charge in [-0.05, 0) is 17.7 Å². The minimum absolute atomic E-state index is 0.0115. The van der Waals surface area contributed by atoms with Gasteiger partial charge in [-0.3, -0.25) is 4.79 Å². The van der Waals surface area contributed by atoms with Gasteiger partial charge in [0, 0.05) is 10.0 Å². The number of nitrogens with one attached hydrogen (secondary N) is 1. The maximum atomic E-state index is 11.9. The van der Waals surface area contributed by atoms with Crippen molar-refractivity contribution in [1.82, 2.24) is 4.98 Å². The van der Waals surface area contributed by atoms with Gasteiger partial charge in [-0.25, -0.2) is 4.98 Å². The summed E-state index contributed by atoms with van der Waals surface area (Å²) in [5.41, 5.74) is 0.538. The molecule has 1 heterocycles. The highest BCUT2D eigenvalue weighted by molar-refractivity contribution is 7.16. The van der Waals surface area contributed by atoms with Gasteiger partial charge in [-0.1, -0.05) is 52.2 Å². The molecule has 102 valence electrons. The van der Waals surface area contributed by atoms with E-state index in [1.807, 2.05) is 6.07 Å². The smallest absolute Gasteiger partial charge is 0.230 e. The zero-order valence-electron chi connectivity index (χ0n) is 9.78. The molecule has 0 radical (unpaired) electrons. The van der Waals surface area contributed by atoms with Crippen LogP contribution in [0.25, 0.3) is 0 Å². The molecule has 1 N–H and O–H groups in total. The van der Waals surface area contributed by atoms with E-state index in [1.54, 1.807) is 18.2 Å². The fraction of sp³-hybridized carbons (Fsp3) is 0.0833. The number of hydrogen-bond acceptors (Lipinski definition) is 4. The Labute approximate surface area is 133 Å². The molecule has 20 heavy (non-hydrogen) atoms. The van der Waals surface area contributed by atoms with Crippen molar-refractivity contribution in [3.8, 4) is 6.07 Å². The summed E-state index contributed by atoms with van der Waals surface area (Å²) in [6.45, 7) is 0. The van der Waals surface area contributed by atoms with E-state index < -0.39 is 0 Å². The lowest BCUT2D eigenvalue weighted by Gasteiger charge is -2.06. The minimum Gasteiger partial charge on any atom is -0.302 e. The molecule has 1 amide bonds. The van der Waals surface area contributed by atoms with Crippen molar-refractivity contribution in [2.24, 2.45) is 0 Å². The van der Waals surface area contributed by atoms with Crippen LogP contribution >= 0.6 is 46.1 Å². The molecule has 0 unspecified atom stereocenters. The lowest BCUT2D eigenvalue weighted by atomic mass is 10.1. The van der Waals surface area contributed by atoms with Crippen LogP contribution in [0.15, 0.2) is 18.2 Å². The lowest BCUT2D eigenvalue weighted by molar-refractivity contribution is -0.115. The van der Waals surface area contributed by atoms with Crippen molar-refractivity contribution in [3.05, 3.63) is 43.8 Å². The monoisotopic (exact) mass is 345 g/mol. The number of nitrogens with zero attached hydrogens (tertiary/aromatic N) is 2. The zero-order valence-corrected chi connectivity index (χ0v) is 12.9. The Bertz CT molecular complexity index is 688. The number of amides is 1. The summed E-state index contributed by atoms with van der Waals surface area (Å²) in [7, 11) is 0. The summed E-state index contributed by atoms with van der Waals surface area (Å²) in [5.74, 6) is -0.338. The molecule has 0 bridgehead atoms. The molecular formula is C12H6Cl3N3OS. The number of aromatic nitrogens is 1. The normalized spacial score (nSPS) is 10.1. The Morgan fingerprint density at radius 2 is 2.00 bits per heavy atom. The van der Waals surface area contributed by atoms with Gasteiger partial charge in [-0.15, -0.1) is 0 Å². The maximum Gasteiger partial charge on any atom is 0.230 e. The summed E-state index contributed by atoms with van der Waals surface area (Å²) in [4.78, 5) is 16.0. The van der Waals surface area contributed by atoms with Crippen LogP contribution in [0.4, 0.5) is 5.13 Å². The average Bonchev–Trinajstić information content (AvgIpc) is 2.74. The van der Waals surface area contributed by atoms with Gasteiger partial charge in [0.25, 0.3) is 0 Å². The third kappa shape index (κ3) is 3.41. The van der Waals surface area contributed by atoms with Crippen LogP contribution in [0, 0.1) is 11.3 Å². The van der Waals surface area contributed by atoms with Crippen LogP contribution < -0.4 is 5.32 Å². The van der Waals surface area contributed by atoms with Crippen molar-refractivity contribution in [1.29, 1.82) is 5.26 Å². The van der Waals surface area contributed by atoms with Crippen molar-refractivity contribution in [3.63, 3.8) is 0 Å².